The van der Waals surface area contributed by atoms with Crippen LogP contribution in [0.3, 0.4) is 0 Å². The summed E-state index contributed by atoms with van der Waals surface area (Å²) in [5.41, 5.74) is 3.49. The van der Waals surface area contributed by atoms with E-state index in [4.69, 9.17) is 32.4 Å². The average Bonchev–Trinajstić information content (AvgIpc) is 3.12. The number of carbonyl (C=O) groups excluding carboxylic acids is 1. The van der Waals surface area contributed by atoms with E-state index >= 15 is 0 Å². The molecule has 0 saturated heterocycles. The molecule has 0 unspecified atom stereocenters. The van der Waals surface area contributed by atoms with Crippen molar-refractivity contribution in [2.45, 2.75) is 6.92 Å². The predicted molar refractivity (Wildman–Crippen MR) is 115 cm³/mol. The summed E-state index contributed by atoms with van der Waals surface area (Å²) in [6.07, 6.45) is 0. The molecule has 1 amide bonds. The van der Waals surface area contributed by atoms with Crippen LogP contribution in [0.5, 0.6) is 5.75 Å². The third-order valence-electron chi connectivity index (χ3n) is 4.22. The number of oxazole rings is 1. The number of nitrogens with zero attached hydrogens (tertiary/aromatic N) is 1. The van der Waals surface area contributed by atoms with Crippen LogP contribution in [0.25, 0.3) is 22.6 Å². The number of nitrogens with one attached hydrogen (secondary N) is 1. The largest absolute Gasteiger partial charge is 0.484 e. The molecular weight excluding hydrogens is 411 g/mol. The molecule has 29 heavy (non-hydrogen) atoms. The molecule has 0 aliphatic carbocycles. The van der Waals surface area contributed by atoms with Crippen molar-refractivity contribution in [2.24, 2.45) is 0 Å². The molecule has 0 aliphatic heterocycles. The summed E-state index contributed by atoms with van der Waals surface area (Å²) in [4.78, 5) is 16.6. The van der Waals surface area contributed by atoms with Crippen LogP contribution in [0.2, 0.25) is 10.0 Å². The molecule has 0 aliphatic rings. The Labute approximate surface area is 177 Å². The first-order valence-electron chi connectivity index (χ1n) is 8.83. The van der Waals surface area contributed by atoms with Gasteiger partial charge in [0.25, 0.3) is 5.91 Å². The Bertz CT molecular complexity index is 1190. The zero-order chi connectivity index (χ0) is 20.4. The maximum absolute atomic E-state index is 12.2. The van der Waals surface area contributed by atoms with Gasteiger partial charge in [0.15, 0.2) is 12.2 Å². The summed E-state index contributed by atoms with van der Waals surface area (Å²) in [5, 5.41) is 3.82. The number of rotatable bonds is 5. The first-order valence-corrected chi connectivity index (χ1v) is 9.59. The van der Waals surface area contributed by atoms with Crippen LogP contribution >= 0.6 is 23.2 Å². The zero-order valence-corrected chi connectivity index (χ0v) is 16.9. The molecule has 1 N–H and O–H groups in total. The Hall–Kier alpha value is -3.02. The number of halogens is 2. The molecule has 146 valence electrons. The number of amides is 1. The lowest BCUT2D eigenvalue weighted by Gasteiger charge is -2.07. The molecule has 0 bridgehead atoms. The minimum absolute atomic E-state index is 0.0940. The number of ether oxygens (including phenoxy) is 1. The molecule has 7 heteroatoms. The highest BCUT2D eigenvalue weighted by Gasteiger charge is 2.13. The van der Waals surface area contributed by atoms with E-state index in [1.54, 1.807) is 36.4 Å². The van der Waals surface area contributed by atoms with E-state index in [1.807, 2.05) is 31.2 Å². The highest BCUT2D eigenvalue weighted by atomic mass is 35.5. The molecular formula is C22H16Cl2N2O3. The van der Waals surface area contributed by atoms with E-state index in [-0.39, 0.29) is 12.5 Å². The van der Waals surface area contributed by atoms with Crippen molar-refractivity contribution in [3.8, 4) is 17.2 Å². The molecule has 0 atom stereocenters. The second kappa shape index (κ2) is 8.15. The number of aryl methyl sites for hydroxylation is 1. The third-order valence-corrected chi connectivity index (χ3v) is 4.79. The number of benzene rings is 3. The minimum atomic E-state index is -0.272. The number of aromatic nitrogens is 1. The third kappa shape index (κ3) is 4.53. The maximum Gasteiger partial charge on any atom is 0.262 e. The van der Waals surface area contributed by atoms with Crippen LogP contribution in [0, 0.1) is 6.92 Å². The fourth-order valence-electron chi connectivity index (χ4n) is 2.76. The molecule has 4 rings (SSSR count). The maximum atomic E-state index is 12.2. The molecule has 0 radical (unpaired) electrons. The fraction of sp³-hybridized carbons (Fsp3) is 0.0909. The van der Waals surface area contributed by atoms with E-state index in [0.717, 1.165) is 5.56 Å². The van der Waals surface area contributed by atoms with Crippen molar-refractivity contribution in [2.75, 3.05) is 11.9 Å². The number of carbonyl (C=O) groups is 1. The van der Waals surface area contributed by atoms with Gasteiger partial charge in [-0.3, -0.25) is 4.79 Å². The molecule has 0 spiro atoms. The Balaban J connectivity index is 1.48. The second-order valence-corrected chi connectivity index (χ2v) is 7.32. The van der Waals surface area contributed by atoms with Crippen molar-refractivity contribution in [1.82, 2.24) is 4.98 Å². The Morgan fingerprint density at radius 1 is 1.07 bits per heavy atom. The van der Waals surface area contributed by atoms with Gasteiger partial charge in [0, 0.05) is 10.7 Å². The first-order chi connectivity index (χ1) is 14.0. The van der Waals surface area contributed by atoms with Crippen molar-refractivity contribution in [3.63, 3.8) is 0 Å². The van der Waals surface area contributed by atoms with Crippen molar-refractivity contribution in [3.05, 3.63) is 76.3 Å². The summed E-state index contributed by atoms with van der Waals surface area (Å²) in [5.74, 6) is 0.728. The number of hydrogen-bond acceptors (Lipinski definition) is 4. The SMILES string of the molecule is Cc1ccc(OCC(=O)Nc2ccc3oc(-c4cc(Cl)ccc4Cl)nc3c2)cc1. The van der Waals surface area contributed by atoms with Gasteiger partial charge in [-0.25, -0.2) is 4.98 Å². The minimum Gasteiger partial charge on any atom is -0.484 e. The number of anilines is 1. The Morgan fingerprint density at radius 2 is 1.86 bits per heavy atom. The predicted octanol–water partition coefficient (Wildman–Crippen LogP) is 6.13. The monoisotopic (exact) mass is 426 g/mol. The van der Waals surface area contributed by atoms with E-state index in [9.17, 15) is 4.79 Å². The van der Waals surface area contributed by atoms with Crippen molar-refractivity contribution < 1.29 is 13.9 Å². The van der Waals surface area contributed by atoms with Gasteiger partial charge in [-0.1, -0.05) is 40.9 Å². The van der Waals surface area contributed by atoms with Crippen LogP contribution in [-0.4, -0.2) is 17.5 Å². The normalized spacial score (nSPS) is 10.9. The van der Waals surface area contributed by atoms with Crippen LogP contribution < -0.4 is 10.1 Å². The molecule has 4 aromatic rings. The molecule has 0 fully saturated rings. The van der Waals surface area contributed by atoms with Gasteiger partial charge >= 0.3 is 0 Å². The molecule has 1 aromatic heterocycles. The van der Waals surface area contributed by atoms with Crippen molar-refractivity contribution in [1.29, 1.82) is 0 Å². The summed E-state index contributed by atoms with van der Waals surface area (Å²) in [6.45, 7) is 1.89. The van der Waals surface area contributed by atoms with Crippen LogP contribution in [0.1, 0.15) is 5.56 Å². The summed E-state index contributed by atoms with van der Waals surface area (Å²) in [7, 11) is 0. The highest BCUT2D eigenvalue weighted by Crippen LogP contribution is 2.32. The lowest BCUT2D eigenvalue weighted by atomic mass is 10.2. The summed E-state index contributed by atoms with van der Waals surface area (Å²) < 4.78 is 11.3. The fourth-order valence-corrected chi connectivity index (χ4v) is 3.13. The van der Waals surface area contributed by atoms with Gasteiger partial charge in [0.2, 0.25) is 5.89 Å². The van der Waals surface area contributed by atoms with E-state index in [2.05, 4.69) is 10.3 Å². The van der Waals surface area contributed by atoms with E-state index in [0.29, 0.717) is 44.0 Å². The quantitative estimate of drug-likeness (QED) is 0.416. The smallest absolute Gasteiger partial charge is 0.262 e. The first kappa shape index (κ1) is 19.3. The van der Waals surface area contributed by atoms with Gasteiger partial charge in [-0.05, 0) is 55.5 Å². The van der Waals surface area contributed by atoms with Gasteiger partial charge in [0.05, 0.1) is 10.6 Å². The Kier molecular flexibility index (Phi) is 5.43. The van der Waals surface area contributed by atoms with Crippen molar-refractivity contribution >= 4 is 45.9 Å². The molecule has 3 aromatic carbocycles. The van der Waals surface area contributed by atoms with E-state index < -0.39 is 0 Å². The summed E-state index contributed by atoms with van der Waals surface area (Å²) >= 11 is 12.3. The molecule has 1 heterocycles. The van der Waals surface area contributed by atoms with Gasteiger partial charge in [-0.2, -0.15) is 0 Å². The zero-order valence-electron chi connectivity index (χ0n) is 15.4. The van der Waals surface area contributed by atoms with Crippen LogP contribution in [-0.2, 0) is 4.79 Å². The standard InChI is InChI=1S/C22H16Cl2N2O3/c1-13-2-6-16(7-3-13)28-12-21(27)25-15-5-9-20-19(11-15)26-22(29-20)17-10-14(23)4-8-18(17)24/h2-11H,12H2,1H3,(H,25,27). The lowest BCUT2D eigenvalue weighted by molar-refractivity contribution is -0.118. The van der Waals surface area contributed by atoms with E-state index in [1.165, 1.54) is 0 Å². The summed E-state index contributed by atoms with van der Waals surface area (Å²) in [6, 6.07) is 17.8. The molecule has 0 saturated carbocycles. The highest BCUT2D eigenvalue weighted by molar-refractivity contribution is 6.35. The Morgan fingerprint density at radius 3 is 2.66 bits per heavy atom. The van der Waals surface area contributed by atoms with Crippen LogP contribution in [0.15, 0.2) is 65.1 Å². The second-order valence-electron chi connectivity index (χ2n) is 6.48. The average molecular weight is 427 g/mol. The topological polar surface area (TPSA) is 64.4 Å². The van der Waals surface area contributed by atoms with Gasteiger partial charge in [-0.15, -0.1) is 0 Å². The van der Waals surface area contributed by atoms with Gasteiger partial charge in [0.1, 0.15) is 11.3 Å². The number of fused-ring (bicyclic) bond motifs is 1. The molecule has 5 nitrogen and oxygen atoms in total. The van der Waals surface area contributed by atoms with Gasteiger partial charge < -0.3 is 14.5 Å². The lowest BCUT2D eigenvalue weighted by Crippen LogP contribution is -2.20. The van der Waals surface area contributed by atoms with Crippen LogP contribution in [0.4, 0.5) is 5.69 Å². The number of hydrogen-bond donors (Lipinski definition) is 1.